The van der Waals surface area contributed by atoms with Gasteiger partial charge in [0.1, 0.15) is 5.75 Å². The summed E-state index contributed by atoms with van der Waals surface area (Å²) in [6.45, 7) is 3.37. The summed E-state index contributed by atoms with van der Waals surface area (Å²) >= 11 is 1.55. The second-order valence-corrected chi connectivity index (χ2v) is 7.86. The molecule has 1 aromatic heterocycles. The fourth-order valence-corrected chi connectivity index (χ4v) is 4.45. The number of carbonyl (C=O) groups is 1. The van der Waals surface area contributed by atoms with Crippen molar-refractivity contribution in [3.05, 3.63) is 54.1 Å². The third kappa shape index (κ3) is 4.18. The number of aromatic nitrogens is 1. The highest BCUT2D eigenvalue weighted by atomic mass is 32.1. The highest BCUT2D eigenvalue weighted by molar-refractivity contribution is 7.22. The lowest BCUT2D eigenvalue weighted by Gasteiger charge is -2.23. The van der Waals surface area contributed by atoms with Crippen LogP contribution in [-0.2, 0) is 16.0 Å². The van der Waals surface area contributed by atoms with Crippen LogP contribution in [0, 0.1) is 0 Å². The van der Waals surface area contributed by atoms with Gasteiger partial charge in [-0.2, -0.15) is 0 Å². The maximum atomic E-state index is 13.0. The van der Waals surface area contributed by atoms with Crippen molar-refractivity contribution in [1.82, 2.24) is 4.98 Å². The van der Waals surface area contributed by atoms with E-state index < -0.39 is 0 Å². The summed E-state index contributed by atoms with van der Waals surface area (Å²) in [6.07, 6.45) is 2.97. The first-order valence-corrected chi connectivity index (χ1v) is 10.5. The number of hydrogen-bond acceptors (Lipinski definition) is 5. The van der Waals surface area contributed by atoms with E-state index in [1.54, 1.807) is 16.2 Å². The van der Waals surface area contributed by atoms with Crippen LogP contribution in [0.15, 0.2) is 48.5 Å². The lowest BCUT2D eigenvalue weighted by atomic mass is 10.1. The highest BCUT2D eigenvalue weighted by Gasteiger charge is 2.26. The molecule has 1 aliphatic rings. The molecule has 146 valence electrons. The average Bonchev–Trinajstić information content (AvgIpc) is 3.40. The molecule has 2 aromatic carbocycles. The summed E-state index contributed by atoms with van der Waals surface area (Å²) < 4.78 is 12.6. The van der Waals surface area contributed by atoms with E-state index in [2.05, 4.69) is 19.1 Å². The van der Waals surface area contributed by atoms with Crippen LogP contribution in [0.1, 0.15) is 25.3 Å². The zero-order valence-corrected chi connectivity index (χ0v) is 16.8. The van der Waals surface area contributed by atoms with E-state index in [1.165, 1.54) is 5.56 Å². The number of carbonyl (C=O) groups excluding carboxylic acids is 1. The van der Waals surface area contributed by atoms with Crippen LogP contribution < -0.4 is 9.64 Å². The lowest BCUT2D eigenvalue weighted by molar-refractivity contribution is -0.120. The number of ether oxygens (including phenoxy) is 2. The topological polar surface area (TPSA) is 51.7 Å². The Morgan fingerprint density at radius 3 is 2.86 bits per heavy atom. The van der Waals surface area contributed by atoms with Crippen molar-refractivity contribution in [2.24, 2.45) is 0 Å². The second-order valence-electron chi connectivity index (χ2n) is 6.85. The monoisotopic (exact) mass is 396 g/mol. The number of benzene rings is 2. The SMILES string of the molecule is CCc1cccc2sc(N(CC3CCCO3)C(=O)COc3ccccc3)nc12. The molecule has 0 saturated carbocycles. The molecule has 0 bridgehead atoms. The molecule has 3 aromatic rings. The number of thiazole rings is 1. The van der Waals surface area contributed by atoms with Gasteiger partial charge in [-0.25, -0.2) is 4.98 Å². The molecule has 1 fully saturated rings. The Hall–Kier alpha value is -2.44. The fraction of sp³-hybridized carbons (Fsp3) is 0.364. The van der Waals surface area contributed by atoms with Crippen molar-refractivity contribution >= 4 is 32.6 Å². The number of nitrogens with zero attached hydrogens (tertiary/aromatic N) is 2. The number of anilines is 1. The maximum absolute atomic E-state index is 13.0. The maximum Gasteiger partial charge on any atom is 0.266 e. The standard InChI is InChI=1S/C22H24N2O3S/c1-2-16-8-6-12-19-21(16)23-22(28-19)24(14-18-11-7-13-26-18)20(25)15-27-17-9-4-3-5-10-17/h3-6,8-10,12,18H,2,7,11,13-15H2,1H3. The van der Waals surface area contributed by atoms with Crippen LogP contribution >= 0.6 is 11.3 Å². The van der Waals surface area contributed by atoms with E-state index in [-0.39, 0.29) is 18.6 Å². The molecular formula is C22H24N2O3S. The van der Waals surface area contributed by atoms with Gasteiger partial charge in [0.25, 0.3) is 5.91 Å². The summed E-state index contributed by atoms with van der Waals surface area (Å²) in [5, 5.41) is 0.716. The Morgan fingerprint density at radius 1 is 1.25 bits per heavy atom. The molecular weight excluding hydrogens is 372 g/mol. The smallest absolute Gasteiger partial charge is 0.266 e. The largest absolute Gasteiger partial charge is 0.484 e. The Morgan fingerprint density at radius 2 is 2.11 bits per heavy atom. The Bertz CT molecular complexity index is 935. The van der Waals surface area contributed by atoms with Crippen LogP contribution in [0.3, 0.4) is 0 Å². The quantitative estimate of drug-likeness (QED) is 0.592. The minimum atomic E-state index is -0.101. The van der Waals surface area contributed by atoms with Gasteiger partial charge in [0, 0.05) is 6.61 Å². The summed E-state index contributed by atoms with van der Waals surface area (Å²) in [7, 11) is 0. The molecule has 0 spiro atoms. The fourth-order valence-electron chi connectivity index (χ4n) is 3.41. The van der Waals surface area contributed by atoms with Gasteiger partial charge in [-0.1, -0.05) is 48.6 Å². The molecule has 5 nitrogen and oxygen atoms in total. The Labute approximate surface area is 168 Å². The number of aryl methyl sites for hydroxylation is 1. The average molecular weight is 397 g/mol. The molecule has 0 N–H and O–H groups in total. The van der Waals surface area contributed by atoms with Crippen LogP contribution in [-0.4, -0.2) is 36.8 Å². The van der Waals surface area contributed by atoms with Crippen LogP contribution in [0.4, 0.5) is 5.13 Å². The van der Waals surface area contributed by atoms with Gasteiger partial charge in [-0.05, 0) is 43.0 Å². The number of rotatable bonds is 7. The second kappa shape index (κ2) is 8.71. The first-order chi connectivity index (χ1) is 13.7. The first kappa shape index (κ1) is 18.9. The lowest BCUT2D eigenvalue weighted by Crippen LogP contribution is -2.40. The number of amides is 1. The van der Waals surface area contributed by atoms with Gasteiger partial charge < -0.3 is 9.47 Å². The van der Waals surface area contributed by atoms with Crippen LogP contribution in [0.2, 0.25) is 0 Å². The summed E-state index contributed by atoms with van der Waals surface area (Å²) in [5.41, 5.74) is 2.18. The summed E-state index contributed by atoms with van der Waals surface area (Å²) in [5.74, 6) is 0.585. The van der Waals surface area contributed by atoms with Crippen molar-refractivity contribution in [2.45, 2.75) is 32.3 Å². The van der Waals surface area contributed by atoms with Gasteiger partial charge in [0.2, 0.25) is 0 Å². The molecule has 0 aliphatic carbocycles. The molecule has 2 heterocycles. The van der Waals surface area contributed by atoms with E-state index >= 15 is 0 Å². The molecule has 1 amide bonds. The van der Waals surface area contributed by atoms with Gasteiger partial charge in [-0.15, -0.1) is 0 Å². The third-order valence-corrected chi connectivity index (χ3v) is 5.96. The van der Waals surface area contributed by atoms with Gasteiger partial charge in [0.15, 0.2) is 11.7 Å². The van der Waals surface area contributed by atoms with Crippen LogP contribution in [0.25, 0.3) is 10.2 Å². The van der Waals surface area contributed by atoms with Gasteiger partial charge in [-0.3, -0.25) is 9.69 Å². The normalized spacial score (nSPS) is 16.4. The van der Waals surface area contributed by atoms with E-state index in [0.717, 1.165) is 36.1 Å². The van der Waals surface area contributed by atoms with Gasteiger partial charge in [0.05, 0.1) is 22.9 Å². The molecule has 0 radical (unpaired) electrons. The Kier molecular flexibility index (Phi) is 5.88. The summed E-state index contributed by atoms with van der Waals surface area (Å²) in [4.78, 5) is 19.6. The minimum absolute atomic E-state index is 0.0205. The molecule has 1 atom stereocenters. The molecule has 28 heavy (non-hydrogen) atoms. The molecule has 4 rings (SSSR count). The zero-order chi connectivity index (χ0) is 19.3. The van der Waals surface area contributed by atoms with Crippen molar-refractivity contribution < 1.29 is 14.3 Å². The summed E-state index contributed by atoms with van der Waals surface area (Å²) in [6, 6.07) is 15.6. The third-order valence-electron chi connectivity index (χ3n) is 4.92. The zero-order valence-electron chi connectivity index (χ0n) is 16.0. The predicted molar refractivity (Wildman–Crippen MR) is 112 cm³/mol. The van der Waals surface area contributed by atoms with Crippen molar-refractivity contribution in [2.75, 3.05) is 24.7 Å². The number of para-hydroxylation sites is 2. The number of fused-ring (bicyclic) bond motifs is 1. The Balaban J connectivity index is 1.58. The molecule has 1 saturated heterocycles. The van der Waals surface area contributed by atoms with Crippen molar-refractivity contribution in [1.29, 1.82) is 0 Å². The van der Waals surface area contributed by atoms with E-state index in [0.29, 0.717) is 17.4 Å². The van der Waals surface area contributed by atoms with Gasteiger partial charge >= 0.3 is 0 Å². The highest BCUT2D eigenvalue weighted by Crippen LogP contribution is 2.32. The first-order valence-electron chi connectivity index (χ1n) is 9.73. The molecule has 1 aliphatic heterocycles. The van der Waals surface area contributed by atoms with Crippen LogP contribution in [0.5, 0.6) is 5.75 Å². The van der Waals surface area contributed by atoms with E-state index in [9.17, 15) is 4.79 Å². The molecule has 1 unspecified atom stereocenters. The number of hydrogen-bond donors (Lipinski definition) is 0. The van der Waals surface area contributed by atoms with Crippen molar-refractivity contribution in [3.8, 4) is 5.75 Å². The van der Waals surface area contributed by atoms with E-state index in [1.807, 2.05) is 36.4 Å². The van der Waals surface area contributed by atoms with E-state index in [4.69, 9.17) is 14.5 Å². The molecule has 6 heteroatoms. The van der Waals surface area contributed by atoms with Crippen molar-refractivity contribution in [3.63, 3.8) is 0 Å². The predicted octanol–water partition coefficient (Wildman–Crippen LogP) is 4.45. The minimum Gasteiger partial charge on any atom is -0.484 e.